The predicted molar refractivity (Wildman–Crippen MR) is 120 cm³/mol. The first kappa shape index (κ1) is 23.2. The molecule has 1 aromatic heterocycles. The van der Waals surface area contributed by atoms with Crippen molar-refractivity contribution in [3.8, 4) is 5.75 Å². The van der Waals surface area contributed by atoms with Crippen LogP contribution in [0.3, 0.4) is 0 Å². The van der Waals surface area contributed by atoms with Crippen molar-refractivity contribution in [1.29, 1.82) is 0 Å². The number of nitrogens with zero attached hydrogens (tertiary/aromatic N) is 4. The van der Waals surface area contributed by atoms with Crippen LogP contribution >= 0.6 is 24.0 Å². The largest absolute Gasteiger partial charge is 0.494 e. The Morgan fingerprint density at radius 2 is 2.04 bits per heavy atom. The summed E-state index contributed by atoms with van der Waals surface area (Å²) >= 11 is 0. The normalized spacial score (nSPS) is 11.0. The average molecular weight is 486 g/mol. The Morgan fingerprint density at radius 3 is 2.70 bits per heavy atom. The topological polar surface area (TPSA) is 76.4 Å². The van der Waals surface area contributed by atoms with Gasteiger partial charge < -0.3 is 19.9 Å². The van der Waals surface area contributed by atoms with Gasteiger partial charge in [-0.2, -0.15) is 0 Å². The summed E-state index contributed by atoms with van der Waals surface area (Å²) in [5.74, 6) is 2.75. The molecule has 27 heavy (non-hydrogen) atoms. The number of benzene rings is 1. The van der Waals surface area contributed by atoms with Gasteiger partial charge in [-0.15, -0.1) is 34.2 Å². The first-order chi connectivity index (χ1) is 12.7. The number of aryl methyl sites for hydroxylation is 2. The van der Waals surface area contributed by atoms with Gasteiger partial charge in [0.1, 0.15) is 17.9 Å². The molecule has 0 atom stereocenters. The third-order valence-corrected chi connectivity index (χ3v) is 3.96. The number of aliphatic imine (C=N–C) groups is 1. The van der Waals surface area contributed by atoms with E-state index in [2.05, 4.69) is 63.3 Å². The van der Waals surface area contributed by atoms with Crippen molar-refractivity contribution < 1.29 is 4.74 Å². The zero-order chi connectivity index (χ0) is 18.8. The highest BCUT2D eigenvalue weighted by atomic mass is 127. The Bertz CT molecular complexity index is 716. The first-order valence-corrected chi connectivity index (χ1v) is 9.29. The number of guanidine groups is 1. The number of rotatable bonds is 9. The highest BCUT2D eigenvalue weighted by Gasteiger charge is 2.03. The molecule has 150 valence electrons. The number of hydrogen-bond acceptors (Lipinski definition) is 4. The minimum atomic E-state index is 0. The molecule has 0 aliphatic carbocycles. The van der Waals surface area contributed by atoms with Gasteiger partial charge in [0.2, 0.25) is 0 Å². The lowest BCUT2D eigenvalue weighted by atomic mass is 10.1. The minimum Gasteiger partial charge on any atom is -0.494 e. The van der Waals surface area contributed by atoms with Crippen molar-refractivity contribution in [3.05, 3.63) is 41.5 Å². The number of nitrogens with one attached hydrogen (secondary N) is 2. The summed E-state index contributed by atoms with van der Waals surface area (Å²) in [6.45, 7) is 11.9. The molecule has 1 heterocycles. The Morgan fingerprint density at radius 1 is 1.22 bits per heavy atom. The lowest BCUT2D eigenvalue weighted by molar-refractivity contribution is 0.338. The van der Waals surface area contributed by atoms with Crippen molar-refractivity contribution in [1.82, 2.24) is 25.4 Å². The van der Waals surface area contributed by atoms with Gasteiger partial charge in [0.15, 0.2) is 5.96 Å². The van der Waals surface area contributed by atoms with Crippen LogP contribution in [0.2, 0.25) is 0 Å². The fraction of sp³-hybridized carbons (Fsp3) is 0.526. The molecular weight excluding hydrogens is 455 g/mol. The van der Waals surface area contributed by atoms with Gasteiger partial charge in [-0.25, -0.2) is 4.99 Å². The second-order valence-corrected chi connectivity index (χ2v) is 5.95. The van der Waals surface area contributed by atoms with E-state index in [1.165, 1.54) is 0 Å². The van der Waals surface area contributed by atoms with Gasteiger partial charge in [-0.05, 0) is 38.0 Å². The quantitative estimate of drug-likeness (QED) is 0.324. The minimum absolute atomic E-state index is 0. The maximum absolute atomic E-state index is 5.59. The maximum Gasteiger partial charge on any atom is 0.191 e. The second-order valence-electron chi connectivity index (χ2n) is 5.95. The monoisotopic (exact) mass is 486 g/mol. The third-order valence-electron chi connectivity index (χ3n) is 3.96. The van der Waals surface area contributed by atoms with Gasteiger partial charge in [-0.3, -0.25) is 0 Å². The fourth-order valence-corrected chi connectivity index (χ4v) is 2.67. The molecular formula is C19H31IN6O. The van der Waals surface area contributed by atoms with Crippen LogP contribution in [0.25, 0.3) is 0 Å². The third kappa shape index (κ3) is 7.36. The number of aromatic nitrogens is 3. The summed E-state index contributed by atoms with van der Waals surface area (Å²) in [4.78, 5) is 4.67. The van der Waals surface area contributed by atoms with E-state index in [-0.39, 0.29) is 24.0 Å². The van der Waals surface area contributed by atoms with E-state index >= 15 is 0 Å². The smallest absolute Gasteiger partial charge is 0.191 e. The zero-order valence-corrected chi connectivity index (χ0v) is 19.0. The van der Waals surface area contributed by atoms with Gasteiger partial charge in [-0.1, -0.05) is 19.1 Å². The summed E-state index contributed by atoms with van der Waals surface area (Å²) in [6, 6.07) is 6.21. The average Bonchev–Trinajstić information content (AvgIpc) is 3.09. The molecule has 2 rings (SSSR count). The molecule has 0 spiro atoms. The lowest BCUT2D eigenvalue weighted by Gasteiger charge is -2.13. The maximum atomic E-state index is 5.59. The molecule has 7 nitrogen and oxygen atoms in total. The Kier molecular flexibility index (Phi) is 10.8. The van der Waals surface area contributed by atoms with Gasteiger partial charge in [0.05, 0.1) is 13.2 Å². The highest BCUT2D eigenvalue weighted by Crippen LogP contribution is 2.19. The van der Waals surface area contributed by atoms with Gasteiger partial charge >= 0.3 is 0 Å². The van der Waals surface area contributed by atoms with Crippen molar-refractivity contribution in [2.45, 2.75) is 47.2 Å². The summed E-state index contributed by atoms with van der Waals surface area (Å²) < 4.78 is 7.65. The summed E-state index contributed by atoms with van der Waals surface area (Å²) in [5, 5.41) is 14.7. The fourth-order valence-electron chi connectivity index (χ4n) is 2.67. The molecule has 0 fully saturated rings. The zero-order valence-electron chi connectivity index (χ0n) is 16.7. The molecule has 0 saturated heterocycles. The van der Waals surface area contributed by atoms with Crippen LogP contribution in [0.5, 0.6) is 5.75 Å². The Hall–Kier alpha value is -1.84. The Balaban J connectivity index is 0.00000364. The molecule has 0 saturated carbocycles. The highest BCUT2D eigenvalue weighted by molar-refractivity contribution is 14.0. The van der Waals surface area contributed by atoms with E-state index in [1.807, 2.05) is 13.0 Å². The van der Waals surface area contributed by atoms with Crippen molar-refractivity contribution in [3.63, 3.8) is 0 Å². The van der Waals surface area contributed by atoms with E-state index in [4.69, 9.17) is 4.74 Å². The summed E-state index contributed by atoms with van der Waals surface area (Å²) in [7, 11) is 0. The van der Waals surface area contributed by atoms with Crippen LogP contribution in [0.15, 0.2) is 29.5 Å². The number of ether oxygens (including phenoxy) is 1. The molecule has 8 heteroatoms. The van der Waals surface area contributed by atoms with Crippen molar-refractivity contribution in [2.24, 2.45) is 4.99 Å². The summed E-state index contributed by atoms with van der Waals surface area (Å²) in [5.41, 5.74) is 2.30. The van der Waals surface area contributed by atoms with E-state index in [0.29, 0.717) is 13.2 Å². The van der Waals surface area contributed by atoms with E-state index < -0.39 is 0 Å². The number of halogens is 1. The molecule has 0 amide bonds. The van der Waals surface area contributed by atoms with Crippen LogP contribution in [-0.2, 0) is 19.5 Å². The SMILES string of the molecule is CCNC(=NCc1ccc(OCC)c(C)c1)NCCn1cnnc1CC.I. The van der Waals surface area contributed by atoms with Gasteiger partial charge in [0, 0.05) is 26.1 Å². The summed E-state index contributed by atoms with van der Waals surface area (Å²) in [6.07, 6.45) is 2.65. The predicted octanol–water partition coefficient (Wildman–Crippen LogP) is 2.92. The van der Waals surface area contributed by atoms with Crippen LogP contribution in [0, 0.1) is 6.92 Å². The van der Waals surface area contributed by atoms with Crippen LogP contribution in [0.1, 0.15) is 37.7 Å². The van der Waals surface area contributed by atoms with Crippen molar-refractivity contribution >= 4 is 29.9 Å². The Labute approximate surface area is 179 Å². The van der Waals surface area contributed by atoms with Crippen LogP contribution in [-0.4, -0.2) is 40.4 Å². The standard InChI is InChI=1S/C19H30N6O.HI/c1-5-18-24-23-14-25(18)11-10-21-19(20-6-2)22-13-16-8-9-17(26-7-3)15(4)12-16;/h8-9,12,14H,5-7,10-11,13H2,1-4H3,(H2,20,21,22);1H. The second kappa shape index (κ2) is 12.5. The van der Waals surface area contributed by atoms with Crippen molar-refractivity contribution in [2.75, 3.05) is 19.7 Å². The number of hydrogen-bond donors (Lipinski definition) is 2. The first-order valence-electron chi connectivity index (χ1n) is 9.29. The van der Waals surface area contributed by atoms with Crippen LogP contribution < -0.4 is 15.4 Å². The van der Waals surface area contributed by atoms with E-state index in [9.17, 15) is 0 Å². The van der Waals surface area contributed by atoms with Crippen LogP contribution in [0.4, 0.5) is 0 Å². The van der Waals surface area contributed by atoms with E-state index in [0.717, 1.165) is 54.7 Å². The molecule has 0 aliphatic rings. The van der Waals surface area contributed by atoms with Gasteiger partial charge in [0.25, 0.3) is 0 Å². The molecule has 0 aliphatic heterocycles. The molecule has 2 N–H and O–H groups in total. The molecule has 2 aromatic rings. The lowest BCUT2D eigenvalue weighted by Crippen LogP contribution is -2.38. The molecule has 0 radical (unpaired) electrons. The molecule has 0 bridgehead atoms. The van der Waals surface area contributed by atoms with E-state index in [1.54, 1.807) is 6.33 Å². The molecule has 1 aromatic carbocycles. The molecule has 0 unspecified atom stereocenters.